The second kappa shape index (κ2) is 6.83. The summed E-state index contributed by atoms with van der Waals surface area (Å²) in [6, 6.07) is 19.7. The van der Waals surface area contributed by atoms with Gasteiger partial charge in [-0.1, -0.05) is 36.4 Å². The largest absolute Gasteiger partial charge is 0.320 e. The molecule has 114 valence electrons. The maximum Gasteiger partial charge on any atom is 0.290 e. The van der Waals surface area contributed by atoms with Crippen LogP contribution in [0.15, 0.2) is 79.1 Å². The van der Waals surface area contributed by atoms with Gasteiger partial charge in [0.25, 0.3) is 5.91 Å². The highest BCUT2D eigenvalue weighted by molar-refractivity contribution is 5.89. The Morgan fingerprint density at radius 3 is 2.52 bits per heavy atom. The predicted molar refractivity (Wildman–Crippen MR) is 87.1 cm³/mol. The molecule has 3 rings (SSSR count). The van der Waals surface area contributed by atoms with E-state index in [0.717, 1.165) is 11.1 Å². The van der Waals surface area contributed by atoms with Gasteiger partial charge < -0.3 is 5.32 Å². The van der Waals surface area contributed by atoms with Crippen molar-refractivity contribution in [2.75, 3.05) is 5.32 Å². The van der Waals surface area contributed by atoms with Gasteiger partial charge in [0, 0.05) is 17.3 Å². The van der Waals surface area contributed by atoms with E-state index in [2.05, 4.69) is 5.32 Å². The number of nitrogens with one attached hydrogen (secondary N) is 1. The first kappa shape index (κ1) is 14.9. The highest BCUT2D eigenvalue weighted by Gasteiger charge is 2.11. The van der Waals surface area contributed by atoms with Crippen LogP contribution in [0, 0.1) is 5.82 Å². The van der Waals surface area contributed by atoms with Crippen molar-refractivity contribution in [2.24, 2.45) is 0 Å². The highest BCUT2D eigenvalue weighted by atomic mass is 19.1. The normalized spacial score (nSPS) is 10.3. The van der Waals surface area contributed by atoms with Crippen LogP contribution in [0.1, 0.15) is 0 Å². The minimum atomic E-state index is -0.374. The van der Waals surface area contributed by atoms with E-state index in [-0.39, 0.29) is 18.3 Å². The van der Waals surface area contributed by atoms with Crippen molar-refractivity contribution >= 4 is 11.6 Å². The molecular formula is C19H16FN2O+. The summed E-state index contributed by atoms with van der Waals surface area (Å²) < 4.78 is 14.9. The quantitative estimate of drug-likeness (QED) is 0.736. The zero-order valence-electron chi connectivity index (χ0n) is 12.4. The van der Waals surface area contributed by atoms with Crippen molar-refractivity contribution in [3.05, 3.63) is 84.9 Å². The number of carbonyl (C=O) groups excluding carboxylic acids is 1. The predicted octanol–water partition coefficient (Wildman–Crippen LogP) is 3.42. The first-order valence-corrected chi connectivity index (χ1v) is 7.31. The summed E-state index contributed by atoms with van der Waals surface area (Å²) in [4.78, 5) is 12.1. The van der Waals surface area contributed by atoms with Crippen molar-refractivity contribution in [2.45, 2.75) is 6.54 Å². The Morgan fingerprint density at radius 1 is 0.957 bits per heavy atom. The van der Waals surface area contributed by atoms with Gasteiger partial charge in [0.2, 0.25) is 6.54 Å². The zero-order valence-corrected chi connectivity index (χ0v) is 12.4. The summed E-state index contributed by atoms with van der Waals surface area (Å²) in [5.41, 5.74) is 2.58. The van der Waals surface area contributed by atoms with Crippen LogP contribution in [0.3, 0.4) is 0 Å². The summed E-state index contributed by atoms with van der Waals surface area (Å²) in [6.07, 6.45) is 3.75. The number of benzene rings is 2. The molecule has 0 bridgehead atoms. The average Bonchev–Trinajstić information content (AvgIpc) is 2.56. The van der Waals surface area contributed by atoms with Crippen LogP contribution in [0.4, 0.5) is 10.1 Å². The first-order valence-electron chi connectivity index (χ1n) is 7.31. The van der Waals surface area contributed by atoms with Crippen LogP contribution in [-0.4, -0.2) is 5.91 Å². The molecule has 0 unspecified atom stereocenters. The lowest BCUT2D eigenvalue weighted by atomic mass is 10.1. The van der Waals surface area contributed by atoms with Crippen molar-refractivity contribution in [1.29, 1.82) is 0 Å². The smallest absolute Gasteiger partial charge is 0.290 e. The van der Waals surface area contributed by atoms with Gasteiger partial charge in [-0.15, -0.1) is 0 Å². The summed E-state index contributed by atoms with van der Waals surface area (Å²) >= 11 is 0. The molecule has 1 heterocycles. The number of hydrogen-bond donors (Lipinski definition) is 1. The highest BCUT2D eigenvalue weighted by Crippen LogP contribution is 2.16. The molecule has 1 N–H and O–H groups in total. The fourth-order valence-electron chi connectivity index (χ4n) is 2.35. The first-order chi connectivity index (χ1) is 11.2. The van der Waals surface area contributed by atoms with E-state index in [1.807, 2.05) is 54.9 Å². The Morgan fingerprint density at radius 2 is 1.74 bits per heavy atom. The maximum atomic E-state index is 13.1. The van der Waals surface area contributed by atoms with Crippen LogP contribution in [0.25, 0.3) is 11.1 Å². The van der Waals surface area contributed by atoms with E-state index in [4.69, 9.17) is 0 Å². The topological polar surface area (TPSA) is 33.0 Å². The Bertz CT molecular complexity index is 818. The third-order valence-electron chi connectivity index (χ3n) is 3.40. The molecule has 0 saturated heterocycles. The molecule has 0 aliphatic rings. The number of nitrogens with zero attached hydrogens (tertiary/aromatic N) is 1. The number of carbonyl (C=O) groups is 1. The number of hydrogen-bond acceptors (Lipinski definition) is 1. The molecule has 0 saturated carbocycles. The lowest BCUT2D eigenvalue weighted by Gasteiger charge is -2.04. The van der Waals surface area contributed by atoms with Crippen molar-refractivity contribution in [1.82, 2.24) is 0 Å². The number of rotatable bonds is 4. The molecule has 1 amide bonds. The fourth-order valence-corrected chi connectivity index (χ4v) is 2.35. The van der Waals surface area contributed by atoms with E-state index in [1.165, 1.54) is 12.1 Å². The number of amides is 1. The number of pyridine rings is 1. The van der Waals surface area contributed by atoms with Crippen LogP contribution in [-0.2, 0) is 11.3 Å². The van der Waals surface area contributed by atoms with Crippen LogP contribution >= 0.6 is 0 Å². The third kappa shape index (κ3) is 4.01. The van der Waals surface area contributed by atoms with Crippen molar-refractivity contribution < 1.29 is 13.8 Å². The molecule has 0 fully saturated rings. The molecular weight excluding hydrogens is 291 g/mol. The van der Waals surface area contributed by atoms with Gasteiger partial charge in [-0.25, -0.2) is 4.39 Å². The number of aromatic nitrogens is 1. The molecule has 0 aliphatic heterocycles. The van der Waals surface area contributed by atoms with Gasteiger partial charge in [0.1, 0.15) is 5.82 Å². The monoisotopic (exact) mass is 307 g/mol. The minimum Gasteiger partial charge on any atom is -0.320 e. The SMILES string of the molecule is O=C(C[n+]1cccc(-c2ccccc2)c1)Nc1cccc(F)c1. The van der Waals surface area contributed by atoms with E-state index in [0.29, 0.717) is 5.69 Å². The van der Waals surface area contributed by atoms with Crippen molar-refractivity contribution in [3.63, 3.8) is 0 Å². The van der Waals surface area contributed by atoms with E-state index in [9.17, 15) is 9.18 Å². The molecule has 1 aromatic heterocycles. The van der Waals surface area contributed by atoms with E-state index < -0.39 is 0 Å². The van der Waals surface area contributed by atoms with E-state index >= 15 is 0 Å². The lowest BCUT2D eigenvalue weighted by molar-refractivity contribution is -0.683. The molecule has 3 aromatic rings. The Hall–Kier alpha value is -3.01. The molecule has 3 nitrogen and oxygen atoms in total. The lowest BCUT2D eigenvalue weighted by Crippen LogP contribution is -2.39. The summed E-state index contributed by atoms with van der Waals surface area (Å²) in [5.74, 6) is -0.577. The molecule has 23 heavy (non-hydrogen) atoms. The maximum absolute atomic E-state index is 13.1. The van der Waals surface area contributed by atoms with Gasteiger partial charge in [-0.3, -0.25) is 4.79 Å². The van der Waals surface area contributed by atoms with Gasteiger partial charge in [0.05, 0.1) is 0 Å². The Labute approximate surface area is 134 Å². The van der Waals surface area contributed by atoms with Crippen LogP contribution < -0.4 is 9.88 Å². The zero-order chi connectivity index (χ0) is 16.1. The minimum absolute atomic E-state index is 0.164. The second-order valence-corrected chi connectivity index (χ2v) is 5.19. The van der Waals surface area contributed by atoms with Gasteiger partial charge in [-0.2, -0.15) is 4.57 Å². The molecule has 4 heteroatoms. The third-order valence-corrected chi connectivity index (χ3v) is 3.40. The van der Waals surface area contributed by atoms with Crippen LogP contribution in [0.2, 0.25) is 0 Å². The van der Waals surface area contributed by atoms with Gasteiger partial charge in [-0.05, 0) is 29.8 Å². The molecule has 0 spiro atoms. The second-order valence-electron chi connectivity index (χ2n) is 5.19. The number of anilines is 1. The Kier molecular flexibility index (Phi) is 4.43. The van der Waals surface area contributed by atoms with Gasteiger partial charge >= 0.3 is 0 Å². The molecule has 0 radical (unpaired) electrons. The van der Waals surface area contributed by atoms with Crippen molar-refractivity contribution in [3.8, 4) is 11.1 Å². The molecule has 2 aromatic carbocycles. The summed E-state index contributed by atoms with van der Waals surface area (Å²) in [5, 5.41) is 2.69. The average molecular weight is 307 g/mol. The number of halogens is 1. The van der Waals surface area contributed by atoms with Gasteiger partial charge in [0.15, 0.2) is 12.4 Å². The molecule has 0 atom stereocenters. The van der Waals surface area contributed by atoms with E-state index in [1.54, 1.807) is 16.7 Å². The summed E-state index contributed by atoms with van der Waals surface area (Å²) in [7, 11) is 0. The summed E-state index contributed by atoms with van der Waals surface area (Å²) in [6.45, 7) is 0.164. The van der Waals surface area contributed by atoms with Crippen LogP contribution in [0.5, 0.6) is 0 Å². The fraction of sp³-hybridized carbons (Fsp3) is 0.0526. The standard InChI is InChI=1S/C19H15FN2O/c20-17-9-4-10-18(12-17)21-19(23)14-22-11-5-8-16(13-22)15-6-2-1-3-7-15/h1-13H,14H2/p+1. The molecule has 0 aliphatic carbocycles. The Balaban J connectivity index is 1.72.